The maximum Gasteiger partial charge on any atom is 0.237 e. The van der Waals surface area contributed by atoms with Gasteiger partial charge in [-0.3, -0.25) is 9.59 Å². The van der Waals surface area contributed by atoms with E-state index in [9.17, 15) is 9.59 Å². The summed E-state index contributed by atoms with van der Waals surface area (Å²) in [5, 5.41) is 5.80. The summed E-state index contributed by atoms with van der Waals surface area (Å²) in [6, 6.07) is -1.08. The van der Waals surface area contributed by atoms with Crippen LogP contribution in [0.15, 0.2) is 0 Å². The van der Waals surface area contributed by atoms with Crippen LogP contribution in [0.4, 0.5) is 0 Å². The molecule has 10 heteroatoms. The van der Waals surface area contributed by atoms with Gasteiger partial charge in [0.25, 0.3) is 0 Å². The smallest absolute Gasteiger partial charge is 0.237 e. The van der Waals surface area contributed by atoms with E-state index < -0.39 is 12.1 Å². The Morgan fingerprint density at radius 3 is 1.46 bits per heavy atom. The lowest BCUT2D eigenvalue weighted by molar-refractivity contribution is -0.122. The van der Waals surface area contributed by atoms with Crippen LogP contribution in [-0.4, -0.2) is 97.6 Å². The predicted octanol–water partition coefficient (Wildman–Crippen LogP) is -0.554. The number of nitrogens with zero attached hydrogens (tertiary/aromatic N) is 2. The molecule has 0 bridgehead atoms. The molecule has 2 saturated heterocycles. The van der Waals surface area contributed by atoms with E-state index in [-0.39, 0.29) is 11.8 Å². The summed E-state index contributed by atoms with van der Waals surface area (Å²) in [7, 11) is 2.98. The quantitative estimate of drug-likeness (QED) is 0.226. The van der Waals surface area contributed by atoms with Crippen molar-refractivity contribution in [3.05, 3.63) is 0 Å². The summed E-state index contributed by atoms with van der Waals surface area (Å²) in [5.74, 6) is 0.778. The van der Waals surface area contributed by atoms with Gasteiger partial charge in [0.05, 0.1) is 12.1 Å². The molecule has 8 nitrogen and oxygen atoms in total. The van der Waals surface area contributed by atoms with Gasteiger partial charge in [-0.25, -0.2) is 0 Å². The highest BCUT2D eigenvalue weighted by molar-refractivity contribution is 8.76. The number of rotatable bonds is 13. The minimum absolute atomic E-state index is 0.115. The first kappa shape index (κ1) is 23.8. The van der Waals surface area contributed by atoms with Gasteiger partial charge in [0.15, 0.2) is 0 Å². The van der Waals surface area contributed by atoms with Gasteiger partial charge in [-0.15, -0.1) is 0 Å². The number of hydrogen-bond acceptors (Lipinski definition) is 8. The van der Waals surface area contributed by atoms with Crippen molar-refractivity contribution < 1.29 is 9.59 Å². The molecule has 2 amide bonds. The van der Waals surface area contributed by atoms with Gasteiger partial charge in [0.2, 0.25) is 11.8 Å². The van der Waals surface area contributed by atoms with Crippen molar-refractivity contribution in [2.24, 2.45) is 11.5 Å². The molecule has 2 atom stereocenters. The van der Waals surface area contributed by atoms with Crippen LogP contribution in [-0.2, 0) is 9.59 Å². The molecule has 0 saturated carbocycles. The lowest BCUT2D eigenvalue weighted by atomic mass is 10.3. The van der Waals surface area contributed by atoms with Gasteiger partial charge >= 0.3 is 0 Å². The van der Waals surface area contributed by atoms with Crippen LogP contribution in [0.1, 0.15) is 25.7 Å². The maximum absolute atomic E-state index is 12.0. The zero-order valence-corrected chi connectivity index (χ0v) is 18.4. The van der Waals surface area contributed by atoms with Gasteiger partial charge in [-0.1, -0.05) is 21.6 Å². The fourth-order valence-electron chi connectivity index (χ4n) is 3.34. The summed E-state index contributed by atoms with van der Waals surface area (Å²) in [4.78, 5) is 28.7. The normalized spacial score (nSPS) is 20.2. The number of nitrogens with one attached hydrogen (secondary N) is 2. The third kappa shape index (κ3) is 9.32. The number of nitrogens with two attached hydrogens (primary N) is 2. The van der Waals surface area contributed by atoms with E-state index in [1.165, 1.54) is 47.3 Å². The van der Waals surface area contributed by atoms with Gasteiger partial charge in [0, 0.05) is 37.7 Å². The number of carbonyl (C=O) groups is 2. The highest BCUT2D eigenvalue weighted by Gasteiger charge is 2.17. The Morgan fingerprint density at radius 1 is 0.750 bits per heavy atom. The van der Waals surface area contributed by atoms with Gasteiger partial charge < -0.3 is 31.9 Å². The molecule has 0 aromatic heterocycles. The SMILES string of the molecule is NC(CSSCC(N)C(=O)NCCN1CCCC1)C(=O)NCCN1CCCC1. The molecule has 2 fully saturated rings. The zero-order chi connectivity index (χ0) is 20.2. The fourth-order valence-corrected chi connectivity index (χ4v) is 5.59. The monoisotopic (exact) mass is 432 g/mol. The molecule has 162 valence electrons. The molecule has 0 aromatic carbocycles. The van der Waals surface area contributed by atoms with Gasteiger partial charge in [0.1, 0.15) is 0 Å². The highest BCUT2D eigenvalue weighted by atomic mass is 33.1. The van der Waals surface area contributed by atoms with Crippen LogP contribution >= 0.6 is 21.6 Å². The third-order valence-electron chi connectivity index (χ3n) is 5.10. The average molecular weight is 433 g/mol. The standard InChI is InChI=1S/C18H36N6O2S2/c19-15(17(25)21-5-11-23-7-1-2-8-23)13-27-28-14-16(20)18(26)22-6-12-24-9-3-4-10-24/h15-16H,1-14,19-20H2,(H,21,25)(H,22,26). The van der Waals surface area contributed by atoms with Crippen LogP contribution in [0, 0.1) is 0 Å². The van der Waals surface area contributed by atoms with Gasteiger partial charge in [-0.05, 0) is 51.9 Å². The lowest BCUT2D eigenvalue weighted by Crippen LogP contribution is -2.45. The molecule has 6 N–H and O–H groups in total. The van der Waals surface area contributed by atoms with E-state index >= 15 is 0 Å². The minimum Gasteiger partial charge on any atom is -0.353 e. The molecule has 2 aliphatic rings. The molecule has 0 aromatic rings. The van der Waals surface area contributed by atoms with Crippen LogP contribution in [0.5, 0.6) is 0 Å². The highest BCUT2D eigenvalue weighted by Crippen LogP contribution is 2.22. The van der Waals surface area contributed by atoms with E-state index in [2.05, 4.69) is 20.4 Å². The first-order chi connectivity index (χ1) is 13.6. The number of hydrogen-bond donors (Lipinski definition) is 4. The van der Waals surface area contributed by atoms with Crippen molar-refractivity contribution in [3.8, 4) is 0 Å². The molecule has 0 spiro atoms. The van der Waals surface area contributed by atoms with E-state index in [0.29, 0.717) is 24.6 Å². The third-order valence-corrected chi connectivity index (χ3v) is 7.58. The van der Waals surface area contributed by atoms with E-state index in [1.807, 2.05) is 0 Å². The second kappa shape index (κ2) is 13.7. The van der Waals surface area contributed by atoms with E-state index in [4.69, 9.17) is 11.5 Å². The molecule has 2 rings (SSSR count). The first-order valence-corrected chi connectivity index (χ1v) is 12.8. The number of amides is 2. The van der Waals surface area contributed by atoms with Crippen molar-refractivity contribution in [2.75, 3.05) is 63.9 Å². The van der Waals surface area contributed by atoms with E-state index in [1.54, 1.807) is 0 Å². The Kier molecular flexibility index (Phi) is 11.6. The van der Waals surface area contributed by atoms with Crippen molar-refractivity contribution in [2.45, 2.75) is 37.8 Å². The fraction of sp³-hybridized carbons (Fsp3) is 0.889. The Hall–Kier alpha value is -0.520. The van der Waals surface area contributed by atoms with Crippen molar-refractivity contribution in [1.82, 2.24) is 20.4 Å². The topological polar surface area (TPSA) is 117 Å². The lowest BCUT2D eigenvalue weighted by Gasteiger charge is -2.17. The van der Waals surface area contributed by atoms with Gasteiger partial charge in [-0.2, -0.15) is 0 Å². The molecule has 0 radical (unpaired) electrons. The molecule has 0 aliphatic carbocycles. The maximum atomic E-state index is 12.0. The summed E-state index contributed by atoms with van der Waals surface area (Å²) < 4.78 is 0. The minimum atomic E-state index is -0.540. The largest absolute Gasteiger partial charge is 0.353 e. The summed E-state index contributed by atoms with van der Waals surface area (Å²) in [5.41, 5.74) is 11.9. The summed E-state index contributed by atoms with van der Waals surface area (Å²) in [6.07, 6.45) is 5.00. The molecule has 2 heterocycles. The second-order valence-corrected chi connectivity index (χ2v) is 10.0. The van der Waals surface area contributed by atoms with Crippen molar-refractivity contribution in [1.29, 1.82) is 0 Å². The number of likely N-dealkylation sites (tertiary alicyclic amines) is 2. The van der Waals surface area contributed by atoms with Crippen molar-refractivity contribution in [3.63, 3.8) is 0 Å². The van der Waals surface area contributed by atoms with Crippen LogP contribution in [0.2, 0.25) is 0 Å². The van der Waals surface area contributed by atoms with Crippen LogP contribution < -0.4 is 22.1 Å². The van der Waals surface area contributed by atoms with Crippen LogP contribution in [0.25, 0.3) is 0 Å². The summed E-state index contributed by atoms with van der Waals surface area (Å²) in [6.45, 7) is 7.58. The predicted molar refractivity (Wildman–Crippen MR) is 118 cm³/mol. The molecule has 28 heavy (non-hydrogen) atoms. The molecular weight excluding hydrogens is 396 g/mol. The summed E-state index contributed by atoms with van der Waals surface area (Å²) >= 11 is 0. The Balaban J connectivity index is 1.45. The second-order valence-electron chi connectivity index (χ2n) is 7.46. The Labute approximate surface area is 176 Å². The van der Waals surface area contributed by atoms with E-state index in [0.717, 1.165) is 39.3 Å². The molecule has 2 unspecified atom stereocenters. The zero-order valence-electron chi connectivity index (χ0n) is 16.7. The molecular formula is C18H36N6O2S2. The van der Waals surface area contributed by atoms with Crippen molar-refractivity contribution >= 4 is 33.4 Å². The first-order valence-electron chi connectivity index (χ1n) is 10.3. The Morgan fingerprint density at radius 2 is 1.11 bits per heavy atom. The Bertz CT molecular complexity index is 431. The molecule has 2 aliphatic heterocycles. The number of carbonyl (C=O) groups excluding carboxylic acids is 2. The van der Waals surface area contributed by atoms with Crippen LogP contribution in [0.3, 0.4) is 0 Å². The average Bonchev–Trinajstić information content (AvgIpc) is 3.38.